The van der Waals surface area contributed by atoms with Gasteiger partial charge in [-0.1, -0.05) is 0 Å². The average Bonchev–Trinajstić information content (AvgIpc) is 2.11. The number of hydrogen-bond donors (Lipinski definition) is 1. The summed E-state index contributed by atoms with van der Waals surface area (Å²) in [6.45, 7) is 0. The Morgan fingerprint density at radius 3 is 2.14 bits per heavy atom. The standard InChI is InChI=1S/C7H12O6S/c1-13-7(10)3-5-14(11,12)4-2-6(8)9/h2-5H2,1H3,(H,8,9). The number of carboxylic acid groups (broad SMARTS) is 1. The number of carboxylic acids is 1. The van der Waals surface area contributed by atoms with Crippen molar-refractivity contribution >= 4 is 21.8 Å². The highest BCUT2D eigenvalue weighted by Crippen LogP contribution is 1.98. The minimum atomic E-state index is -3.46. The minimum absolute atomic E-state index is 0.238. The molecule has 6 nitrogen and oxygen atoms in total. The van der Waals surface area contributed by atoms with Crippen LogP contribution in [-0.2, 0) is 24.2 Å². The van der Waals surface area contributed by atoms with Gasteiger partial charge in [0.1, 0.15) is 0 Å². The molecule has 7 heteroatoms. The van der Waals surface area contributed by atoms with E-state index in [1.54, 1.807) is 0 Å². The van der Waals surface area contributed by atoms with Crippen LogP contribution in [0.1, 0.15) is 12.8 Å². The number of esters is 1. The molecule has 82 valence electrons. The van der Waals surface area contributed by atoms with Gasteiger partial charge in [-0.15, -0.1) is 0 Å². The molecule has 0 fully saturated rings. The summed E-state index contributed by atoms with van der Waals surface area (Å²) in [5.74, 6) is -2.61. The molecule has 0 aromatic heterocycles. The molecular formula is C7H12O6S. The predicted molar refractivity (Wildman–Crippen MR) is 47.5 cm³/mol. The first-order valence-electron chi connectivity index (χ1n) is 3.86. The molecule has 0 unspecified atom stereocenters. The lowest BCUT2D eigenvalue weighted by Gasteiger charge is -2.01. The van der Waals surface area contributed by atoms with E-state index < -0.39 is 33.9 Å². The molecule has 0 aliphatic carbocycles. The van der Waals surface area contributed by atoms with Gasteiger partial charge in [0, 0.05) is 0 Å². The maximum atomic E-state index is 11.1. The van der Waals surface area contributed by atoms with Crippen molar-refractivity contribution in [2.45, 2.75) is 12.8 Å². The van der Waals surface area contributed by atoms with Crippen molar-refractivity contribution in [2.75, 3.05) is 18.6 Å². The second kappa shape index (κ2) is 5.58. The van der Waals surface area contributed by atoms with Crippen LogP contribution in [0.5, 0.6) is 0 Å². The summed E-state index contributed by atoms with van der Waals surface area (Å²) in [4.78, 5) is 20.7. The van der Waals surface area contributed by atoms with E-state index in [9.17, 15) is 18.0 Å². The molecule has 0 atom stereocenters. The van der Waals surface area contributed by atoms with E-state index in [1.165, 1.54) is 0 Å². The van der Waals surface area contributed by atoms with Gasteiger partial charge in [0.2, 0.25) is 0 Å². The number of carbonyl (C=O) groups excluding carboxylic acids is 1. The fourth-order valence-corrected chi connectivity index (χ4v) is 1.85. The topological polar surface area (TPSA) is 97.7 Å². The van der Waals surface area contributed by atoms with Crippen LogP contribution >= 0.6 is 0 Å². The molecule has 0 heterocycles. The van der Waals surface area contributed by atoms with Gasteiger partial charge in [-0.05, 0) is 0 Å². The highest BCUT2D eigenvalue weighted by Gasteiger charge is 2.15. The second-order valence-corrected chi connectivity index (χ2v) is 4.93. The second-order valence-electron chi connectivity index (χ2n) is 2.62. The van der Waals surface area contributed by atoms with E-state index in [0.717, 1.165) is 7.11 Å². The lowest BCUT2D eigenvalue weighted by molar-refractivity contribution is -0.140. The Kier molecular flexibility index (Phi) is 5.14. The van der Waals surface area contributed by atoms with Crippen molar-refractivity contribution in [3.8, 4) is 0 Å². The number of aliphatic carboxylic acids is 1. The number of hydrogen-bond acceptors (Lipinski definition) is 5. The summed E-state index contributed by atoms with van der Waals surface area (Å²) in [6, 6.07) is 0. The van der Waals surface area contributed by atoms with Crippen molar-refractivity contribution in [2.24, 2.45) is 0 Å². The predicted octanol–water partition coefficient (Wildman–Crippen LogP) is -0.561. The Bertz CT molecular complexity index is 304. The molecule has 0 aliphatic heterocycles. The number of sulfone groups is 1. The molecule has 0 rings (SSSR count). The number of methoxy groups -OCH3 is 1. The van der Waals surface area contributed by atoms with Crippen LogP contribution < -0.4 is 0 Å². The molecular weight excluding hydrogens is 212 g/mol. The monoisotopic (exact) mass is 224 g/mol. The largest absolute Gasteiger partial charge is 0.481 e. The van der Waals surface area contributed by atoms with E-state index in [0.29, 0.717) is 0 Å². The lowest BCUT2D eigenvalue weighted by atomic mass is 10.5. The van der Waals surface area contributed by atoms with Gasteiger partial charge in [0.25, 0.3) is 0 Å². The summed E-state index contributed by atoms with van der Waals surface area (Å²) in [6.07, 6.45) is -0.679. The van der Waals surface area contributed by atoms with Gasteiger partial charge in [0.05, 0.1) is 31.5 Å². The third-order valence-electron chi connectivity index (χ3n) is 1.47. The summed E-state index contributed by atoms with van der Waals surface area (Å²) < 4.78 is 26.4. The van der Waals surface area contributed by atoms with Crippen LogP contribution in [0.15, 0.2) is 0 Å². The third-order valence-corrected chi connectivity index (χ3v) is 3.12. The molecule has 0 spiro atoms. The normalized spacial score (nSPS) is 10.9. The van der Waals surface area contributed by atoms with E-state index in [2.05, 4.69) is 4.74 Å². The molecule has 0 amide bonds. The van der Waals surface area contributed by atoms with Crippen LogP contribution in [-0.4, -0.2) is 44.1 Å². The maximum Gasteiger partial charge on any atom is 0.306 e. The Labute approximate surface area is 81.8 Å². The average molecular weight is 224 g/mol. The van der Waals surface area contributed by atoms with Gasteiger partial charge in [-0.3, -0.25) is 9.59 Å². The fourth-order valence-electron chi connectivity index (χ4n) is 0.686. The smallest absolute Gasteiger partial charge is 0.306 e. The zero-order valence-corrected chi connectivity index (χ0v) is 8.54. The molecule has 0 aliphatic rings. The van der Waals surface area contributed by atoms with Crippen LogP contribution in [0.3, 0.4) is 0 Å². The van der Waals surface area contributed by atoms with Crippen molar-refractivity contribution in [3.63, 3.8) is 0 Å². The summed E-state index contributed by atoms with van der Waals surface area (Å²) in [5.41, 5.74) is 0. The van der Waals surface area contributed by atoms with Crippen LogP contribution in [0, 0.1) is 0 Å². The fraction of sp³-hybridized carbons (Fsp3) is 0.714. The van der Waals surface area contributed by atoms with E-state index in [1.807, 2.05) is 0 Å². The Morgan fingerprint density at radius 1 is 1.21 bits per heavy atom. The maximum absolute atomic E-state index is 11.1. The molecule has 0 radical (unpaired) electrons. The lowest BCUT2D eigenvalue weighted by Crippen LogP contribution is -2.17. The summed E-state index contributed by atoms with van der Waals surface area (Å²) >= 11 is 0. The highest BCUT2D eigenvalue weighted by atomic mass is 32.2. The van der Waals surface area contributed by atoms with E-state index in [-0.39, 0.29) is 12.2 Å². The number of rotatable bonds is 6. The van der Waals surface area contributed by atoms with E-state index in [4.69, 9.17) is 5.11 Å². The highest BCUT2D eigenvalue weighted by molar-refractivity contribution is 7.91. The van der Waals surface area contributed by atoms with Crippen molar-refractivity contribution in [1.29, 1.82) is 0 Å². The molecule has 0 aromatic rings. The minimum Gasteiger partial charge on any atom is -0.481 e. The molecule has 0 saturated carbocycles. The Morgan fingerprint density at radius 2 is 1.71 bits per heavy atom. The van der Waals surface area contributed by atoms with E-state index >= 15 is 0 Å². The van der Waals surface area contributed by atoms with Gasteiger partial charge in [-0.2, -0.15) is 0 Å². The quantitative estimate of drug-likeness (QED) is 0.607. The summed E-state index contributed by atoms with van der Waals surface area (Å²) in [5, 5.41) is 8.24. The van der Waals surface area contributed by atoms with Crippen molar-refractivity contribution in [1.82, 2.24) is 0 Å². The Balaban J connectivity index is 3.96. The molecule has 14 heavy (non-hydrogen) atoms. The molecule has 0 bridgehead atoms. The Hall–Kier alpha value is -1.11. The zero-order chi connectivity index (χ0) is 11.2. The first kappa shape index (κ1) is 12.9. The molecule has 1 N–H and O–H groups in total. The van der Waals surface area contributed by atoms with Crippen molar-refractivity contribution < 1.29 is 27.9 Å². The van der Waals surface area contributed by atoms with Gasteiger partial charge >= 0.3 is 11.9 Å². The zero-order valence-electron chi connectivity index (χ0n) is 7.73. The van der Waals surface area contributed by atoms with Gasteiger partial charge in [0.15, 0.2) is 9.84 Å². The van der Waals surface area contributed by atoms with Gasteiger partial charge in [-0.25, -0.2) is 8.42 Å². The third kappa shape index (κ3) is 6.41. The molecule has 0 saturated heterocycles. The summed E-state index contributed by atoms with van der Waals surface area (Å²) in [7, 11) is -2.30. The SMILES string of the molecule is COC(=O)CCS(=O)(=O)CCC(=O)O. The van der Waals surface area contributed by atoms with Gasteiger partial charge < -0.3 is 9.84 Å². The first-order valence-corrected chi connectivity index (χ1v) is 5.68. The number of carbonyl (C=O) groups is 2. The molecule has 0 aromatic carbocycles. The van der Waals surface area contributed by atoms with Crippen LogP contribution in [0.25, 0.3) is 0 Å². The number of ether oxygens (including phenoxy) is 1. The first-order chi connectivity index (χ1) is 6.37. The van der Waals surface area contributed by atoms with Crippen LogP contribution in [0.4, 0.5) is 0 Å². The van der Waals surface area contributed by atoms with Crippen molar-refractivity contribution in [3.05, 3.63) is 0 Å². The van der Waals surface area contributed by atoms with Crippen LogP contribution in [0.2, 0.25) is 0 Å².